The molecule has 0 bridgehead atoms. The molecule has 11 heteroatoms. The van der Waals surface area contributed by atoms with Crippen LogP contribution in [0.3, 0.4) is 0 Å². The predicted molar refractivity (Wildman–Crippen MR) is 80.9 cm³/mol. The number of urea groups is 1. The van der Waals surface area contributed by atoms with Crippen LogP contribution < -0.4 is 5.32 Å². The molecule has 0 aliphatic carbocycles. The number of fused-ring (bicyclic) bond motifs is 1. The first-order valence-corrected chi connectivity index (χ1v) is 8.04. The van der Waals surface area contributed by atoms with Gasteiger partial charge in [-0.25, -0.2) is 9.10 Å². The number of nitrogens with zero attached hydrogens (tertiary/aromatic N) is 3. The minimum atomic E-state index is -4.56. The van der Waals surface area contributed by atoms with Crippen molar-refractivity contribution in [1.29, 1.82) is 0 Å². The van der Waals surface area contributed by atoms with Gasteiger partial charge in [0.2, 0.25) is 0 Å². The Morgan fingerprint density at radius 3 is 2.78 bits per heavy atom. The Morgan fingerprint density at radius 2 is 2.17 bits per heavy atom. The summed E-state index contributed by atoms with van der Waals surface area (Å²) in [6.07, 6.45) is 1.92. The number of hydrogen-bond acceptors (Lipinski definition) is 5. The van der Waals surface area contributed by atoms with Gasteiger partial charge in [0.15, 0.2) is 0 Å². The number of hydrogen-bond donors (Lipinski definition) is 2. The van der Waals surface area contributed by atoms with E-state index >= 15 is 0 Å². The standard InChI is InChI=1S/C12H14N4O5S.Na.H/c17-11-10-9(16(11)22(19,20)21)4-6-15(10)12(18)14-7-8-3-1-2-5-13-8;;/h1-3,5,9-10H,4,6-7H2,(H,14,18)(H,19,20,21);;/t9-,10+;;/m1../s1. The van der Waals surface area contributed by atoms with Gasteiger partial charge in [0, 0.05) is 12.7 Å². The summed E-state index contributed by atoms with van der Waals surface area (Å²) in [4.78, 5) is 29.3. The summed E-state index contributed by atoms with van der Waals surface area (Å²) in [6, 6.07) is 3.34. The Labute approximate surface area is 155 Å². The molecule has 1 aromatic heterocycles. The van der Waals surface area contributed by atoms with E-state index in [9.17, 15) is 18.0 Å². The molecule has 2 aliphatic heterocycles. The fourth-order valence-electron chi connectivity index (χ4n) is 2.81. The number of β-lactam (4-membered cyclic amide) rings is 1. The summed E-state index contributed by atoms with van der Waals surface area (Å²) in [5.41, 5.74) is 0.672. The van der Waals surface area contributed by atoms with Crippen molar-refractivity contribution in [3.63, 3.8) is 0 Å². The number of carbonyl (C=O) groups excluding carboxylic acids is 2. The van der Waals surface area contributed by atoms with Crippen molar-refractivity contribution in [2.75, 3.05) is 6.54 Å². The average Bonchev–Trinajstić information content (AvgIpc) is 2.83. The van der Waals surface area contributed by atoms with Gasteiger partial charge in [-0.2, -0.15) is 8.42 Å². The maximum absolute atomic E-state index is 12.1. The first-order valence-electron chi connectivity index (χ1n) is 6.64. The molecule has 0 saturated carbocycles. The third-order valence-electron chi connectivity index (χ3n) is 3.79. The molecule has 0 aromatic carbocycles. The molecular weight excluding hydrogens is 335 g/mol. The van der Waals surface area contributed by atoms with Gasteiger partial charge in [-0.05, 0) is 18.6 Å². The normalized spacial score (nSPS) is 22.9. The molecule has 1 aromatic rings. The predicted octanol–water partition coefficient (Wildman–Crippen LogP) is -1.27. The molecule has 0 unspecified atom stereocenters. The zero-order valence-electron chi connectivity index (χ0n) is 11.4. The zero-order chi connectivity index (χ0) is 15.9. The number of amides is 3. The van der Waals surface area contributed by atoms with E-state index in [2.05, 4.69) is 10.3 Å². The molecule has 3 amide bonds. The van der Waals surface area contributed by atoms with Crippen molar-refractivity contribution in [2.24, 2.45) is 0 Å². The number of likely N-dealkylation sites (tertiary alicyclic amines) is 1. The number of carbonyl (C=O) groups is 2. The average molecular weight is 350 g/mol. The van der Waals surface area contributed by atoms with Crippen molar-refractivity contribution >= 4 is 51.8 Å². The van der Waals surface area contributed by atoms with Gasteiger partial charge >= 0.3 is 45.9 Å². The second-order valence-corrected chi connectivity index (χ2v) is 6.37. The van der Waals surface area contributed by atoms with Crippen LogP contribution in [0.15, 0.2) is 24.4 Å². The van der Waals surface area contributed by atoms with Gasteiger partial charge < -0.3 is 10.2 Å². The Morgan fingerprint density at radius 1 is 1.43 bits per heavy atom. The second-order valence-electron chi connectivity index (χ2n) is 5.09. The SMILES string of the molecule is O=C(NCc1ccccn1)N1CC[C@@H]2[C@H]1C(=O)N2S(=O)(=O)O.[NaH]. The number of pyridine rings is 1. The summed E-state index contributed by atoms with van der Waals surface area (Å²) in [5, 5.41) is 2.64. The van der Waals surface area contributed by atoms with Crippen LogP contribution in [0.25, 0.3) is 0 Å². The summed E-state index contributed by atoms with van der Waals surface area (Å²) in [7, 11) is -4.56. The molecule has 2 fully saturated rings. The fraction of sp³-hybridized carbons (Fsp3) is 0.417. The minimum absolute atomic E-state index is 0. The van der Waals surface area contributed by atoms with Crippen LogP contribution in [0.4, 0.5) is 4.79 Å². The molecule has 0 radical (unpaired) electrons. The third kappa shape index (κ3) is 3.36. The van der Waals surface area contributed by atoms with Crippen molar-refractivity contribution in [3.8, 4) is 0 Å². The van der Waals surface area contributed by atoms with Crippen LogP contribution in [0.2, 0.25) is 0 Å². The Bertz CT molecular complexity index is 713. The molecular formula is C12H15N4NaO5S. The fourth-order valence-corrected chi connectivity index (χ4v) is 3.71. The van der Waals surface area contributed by atoms with Crippen LogP contribution >= 0.6 is 0 Å². The Hall–Kier alpha value is -1.20. The summed E-state index contributed by atoms with van der Waals surface area (Å²) >= 11 is 0. The van der Waals surface area contributed by atoms with Gasteiger partial charge in [0.05, 0.1) is 18.3 Å². The molecule has 0 spiro atoms. The van der Waals surface area contributed by atoms with Gasteiger partial charge in [0.1, 0.15) is 6.04 Å². The van der Waals surface area contributed by atoms with Crippen LogP contribution in [0.5, 0.6) is 0 Å². The van der Waals surface area contributed by atoms with E-state index < -0.39 is 34.3 Å². The van der Waals surface area contributed by atoms with Gasteiger partial charge in [0.25, 0.3) is 5.91 Å². The van der Waals surface area contributed by atoms with E-state index in [0.717, 1.165) is 0 Å². The summed E-state index contributed by atoms with van der Waals surface area (Å²) in [6.45, 7) is 0.463. The second kappa shape index (κ2) is 6.73. The number of nitrogens with one attached hydrogen (secondary N) is 1. The topological polar surface area (TPSA) is 120 Å². The van der Waals surface area contributed by atoms with E-state index in [0.29, 0.717) is 16.4 Å². The third-order valence-corrected chi connectivity index (χ3v) is 4.74. The molecule has 9 nitrogen and oxygen atoms in total. The number of rotatable bonds is 3. The Balaban J connectivity index is 0.00000192. The summed E-state index contributed by atoms with van der Waals surface area (Å²) in [5.74, 6) is -0.780. The zero-order valence-corrected chi connectivity index (χ0v) is 12.2. The van der Waals surface area contributed by atoms with E-state index in [1.54, 1.807) is 24.4 Å². The molecule has 3 heterocycles. The molecule has 2 N–H and O–H groups in total. The van der Waals surface area contributed by atoms with E-state index in [4.69, 9.17) is 4.55 Å². The molecule has 2 atom stereocenters. The van der Waals surface area contributed by atoms with E-state index in [1.807, 2.05) is 0 Å². The van der Waals surface area contributed by atoms with Crippen LogP contribution in [0, 0.1) is 0 Å². The van der Waals surface area contributed by atoms with Crippen molar-refractivity contribution in [3.05, 3.63) is 30.1 Å². The molecule has 2 aliphatic rings. The molecule has 2 saturated heterocycles. The summed E-state index contributed by atoms with van der Waals surface area (Å²) < 4.78 is 31.6. The number of aromatic nitrogens is 1. The maximum atomic E-state index is 12.1. The first-order chi connectivity index (χ1) is 10.4. The quantitative estimate of drug-likeness (QED) is 0.398. The molecule has 3 rings (SSSR count). The van der Waals surface area contributed by atoms with E-state index in [1.165, 1.54) is 4.90 Å². The molecule has 23 heavy (non-hydrogen) atoms. The van der Waals surface area contributed by atoms with Crippen LogP contribution in [0.1, 0.15) is 12.1 Å². The van der Waals surface area contributed by atoms with Crippen molar-refractivity contribution in [1.82, 2.24) is 19.5 Å². The molecule has 120 valence electrons. The first kappa shape index (κ1) is 18.1. The van der Waals surface area contributed by atoms with E-state index in [-0.39, 0.29) is 42.6 Å². The Kier molecular flexibility index (Phi) is 5.31. The van der Waals surface area contributed by atoms with Crippen LogP contribution in [-0.4, -0.2) is 87.3 Å². The van der Waals surface area contributed by atoms with Crippen molar-refractivity contribution in [2.45, 2.75) is 25.0 Å². The monoisotopic (exact) mass is 350 g/mol. The van der Waals surface area contributed by atoms with Crippen molar-refractivity contribution < 1.29 is 22.6 Å². The van der Waals surface area contributed by atoms with Gasteiger partial charge in [-0.15, -0.1) is 0 Å². The van der Waals surface area contributed by atoms with Crippen LogP contribution in [-0.2, 0) is 21.6 Å². The van der Waals surface area contributed by atoms with Gasteiger partial charge in [-0.3, -0.25) is 14.3 Å². The van der Waals surface area contributed by atoms with Gasteiger partial charge in [-0.1, -0.05) is 6.07 Å².